The zero-order valence-electron chi connectivity index (χ0n) is 12.8. The lowest BCUT2D eigenvalue weighted by atomic mass is 9.92. The van der Waals surface area contributed by atoms with Gasteiger partial charge in [0.1, 0.15) is 5.38 Å². The van der Waals surface area contributed by atoms with Crippen molar-refractivity contribution in [1.29, 1.82) is 0 Å². The molecule has 2 rings (SSSR count). The fourth-order valence-electron chi connectivity index (χ4n) is 2.35. The molecular formula is C16H15ClO5S. The number of ketones is 1. The van der Waals surface area contributed by atoms with Gasteiger partial charge in [-0.05, 0) is 24.6 Å². The van der Waals surface area contributed by atoms with Crippen molar-refractivity contribution in [2.75, 3.05) is 14.2 Å². The third-order valence-corrected chi connectivity index (χ3v) is 4.99. The third kappa shape index (κ3) is 3.18. The first kappa shape index (κ1) is 17.3. The predicted molar refractivity (Wildman–Crippen MR) is 89.3 cm³/mol. The van der Waals surface area contributed by atoms with Crippen molar-refractivity contribution in [2.45, 2.75) is 12.3 Å². The molecule has 0 heterocycles. The Hall–Kier alpha value is -2.05. The van der Waals surface area contributed by atoms with E-state index in [-0.39, 0.29) is 21.8 Å². The van der Waals surface area contributed by atoms with Gasteiger partial charge in [-0.25, -0.2) is 0 Å². The first-order valence-electron chi connectivity index (χ1n) is 6.67. The van der Waals surface area contributed by atoms with Crippen molar-refractivity contribution in [3.63, 3.8) is 0 Å². The molecule has 0 bridgehead atoms. The van der Waals surface area contributed by atoms with Gasteiger partial charge in [0, 0.05) is 5.57 Å². The summed E-state index contributed by atoms with van der Waals surface area (Å²) in [6.45, 7) is 1.63. The molecule has 0 fully saturated rings. The van der Waals surface area contributed by atoms with Crippen molar-refractivity contribution in [3.8, 4) is 11.5 Å². The lowest BCUT2D eigenvalue weighted by Crippen LogP contribution is -2.26. The van der Waals surface area contributed by atoms with E-state index in [1.54, 1.807) is 31.2 Å². The number of hydrogen-bond acceptors (Lipinski definition) is 5. The SMILES string of the molecule is COc1cccc(C(=O)C2=CC=C(C)C(=S(=O)=O)C2Cl)c1OC. The number of rotatable bonds is 4. The van der Waals surface area contributed by atoms with Crippen LogP contribution in [0.5, 0.6) is 11.5 Å². The maximum atomic E-state index is 12.8. The Labute approximate surface area is 140 Å². The van der Waals surface area contributed by atoms with E-state index >= 15 is 0 Å². The topological polar surface area (TPSA) is 69.7 Å². The van der Waals surface area contributed by atoms with E-state index in [0.29, 0.717) is 11.3 Å². The van der Waals surface area contributed by atoms with Crippen LogP contribution < -0.4 is 9.47 Å². The molecule has 1 aliphatic carbocycles. The fraction of sp³-hybridized carbons (Fsp3) is 0.250. The third-order valence-electron chi connectivity index (χ3n) is 3.49. The smallest absolute Gasteiger partial charge is 0.219 e. The summed E-state index contributed by atoms with van der Waals surface area (Å²) in [6.07, 6.45) is 3.09. The van der Waals surface area contributed by atoms with Crippen LogP contribution in [0.25, 0.3) is 0 Å². The first-order chi connectivity index (χ1) is 10.9. The van der Waals surface area contributed by atoms with Gasteiger partial charge in [-0.15, -0.1) is 11.6 Å². The Morgan fingerprint density at radius 2 is 1.87 bits per heavy atom. The molecule has 0 aromatic heterocycles. The molecule has 0 N–H and O–H groups in total. The summed E-state index contributed by atoms with van der Waals surface area (Å²) in [5.74, 6) is 0.275. The second kappa shape index (κ2) is 7.02. The Balaban J connectivity index is 2.57. The number of Topliss-reactive ketones (excluding diaryl/α,β-unsaturated/α-hetero) is 1. The number of alkyl halides is 1. The number of para-hydroxylation sites is 1. The lowest BCUT2D eigenvalue weighted by molar-refractivity contribution is 0.103. The number of carbonyl (C=O) groups is 1. The van der Waals surface area contributed by atoms with E-state index < -0.39 is 21.5 Å². The molecule has 0 spiro atoms. The highest BCUT2D eigenvalue weighted by atomic mass is 35.5. The normalized spacial score (nSPS) is 17.2. The first-order valence-corrected chi connectivity index (χ1v) is 8.18. The summed E-state index contributed by atoms with van der Waals surface area (Å²) in [4.78, 5) is 12.8. The molecule has 0 aliphatic heterocycles. The quantitative estimate of drug-likeness (QED) is 0.472. The van der Waals surface area contributed by atoms with Gasteiger partial charge in [-0.2, -0.15) is 8.42 Å². The maximum absolute atomic E-state index is 12.8. The highest BCUT2D eigenvalue weighted by Crippen LogP contribution is 2.34. The summed E-state index contributed by atoms with van der Waals surface area (Å²) >= 11 is 6.22. The number of hydrogen-bond donors (Lipinski definition) is 0. The summed E-state index contributed by atoms with van der Waals surface area (Å²) in [5.41, 5.74) is 0.934. The predicted octanol–water partition coefficient (Wildman–Crippen LogP) is 2.43. The molecular weight excluding hydrogens is 340 g/mol. The van der Waals surface area contributed by atoms with Gasteiger partial charge in [0.25, 0.3) is 0 Å². The van der Waals surface area contributed by atoms with Crippen LogP contribution in [0.2, 0.25) is 0 Å². The molecule has 1 unspecified atom stereocenters. The van der Waals surface area contributed by atoms with E-state index in [0.717, 1.165) is 0 Å². The monoisotopic (exact) mass is 354 g/mol. The minimum atomic E-state index is -2.50. The molecule has 5 nitrogen and oxygen atoms in total. The molecule has 1 aliphatic rings. The van der Waals surface area contributed by atoms with Gasteiger partial charge in [-0.1, -0.05) is 18.2 Å². The van der Waals surface area contributed by atoms with Crippen LogP contribution in [0.15, 0.2) is 41.5 Å². The summed E-state index contributed by atoms with van der Waals surface area (Å²) in [5, 5.41) is -1.04. The number of halogens is 1. The van der Waals surface area contributed by atoms with Crippen molar-refractivity contribution in [3.05, 3.63) is 47.1 Å². The summed E-state index contributed by atoms with van der Waals surface area (Å²) in [6, 6.07) is 4.89. The van der Waals surface area contributed by atoms with Gasteiger partial charge in [0.05, 0.1) is 24.6 Å². The van der Waals surface area contributed by atoms with E-state index in [9.17, 15) is 13.2 Å². The summed E-state index contributed by atoms with van der Waals surface area (Å²) < 4.78 is 33.1. The van der Waals surface area contributed by atoms with Crippen molar-refractivity contribution in [2.24, 2.45) is 0 Å². The average molecular weight is 355 g/mol. The standard InChI is InChI=1S/C16H15ClO5S/c1-9-7-8-10(13(17)16(9)23(19)20)14(18)11-5-4-6-12(21-2)15(11)22-3/h4-8,13H,1-3H3. The zero-order valence-corrected chi connectivity index (χ0v) is 14.4. The average Bonchev–Trinajstić information content (AvgIpc) is 2.53. The Morgan fingerprint density at radius 1 is 1.17 bits per heavy atom. The van der Waals surface area contributed by atoms with Crippen molar-refractivity contribution >= 4 is 32.5 Å². The Bertz CT molecular complexity index is 841. The van der Waals surface area contributed by atoms with E-state index in [1.807, 2.05) is 0 Å². The van der Waals surface area contributed by atoms with E-state index in [1.165, 1.54) is 20.3 Å². The molecule has 1 aromatic rings. The van der Waals surface area contributed by atoms with Crippen LogP contribution in [0.4, 0.5) is 0 Å². The minimum Gasteiger partial charge on any atom is -0.493 e. The molecule has 0 saturated carbocycles. The highest BCUT2D eigenvalue weighted by Gasteiger charge is 2.30. The van der Waals surface area contributed by atoms with Crippen LogP contribution in [0.3, 0.4) is 0 Å². The Kier molecular flexibility index (Phi) is 5.28. The number of carbonyl (C=O) groups excluding carboxylic acids is 1. The van der Waals surface area contributed by atoms with Gasteiger partial charge >= 0.3 is 0 Å². The largest absolute Gasteiger partial charge is 0.493 e. The number of methoxy groups -OCH3 is 2. The lowest BCUT2D eigenvalue weighted by Gasteiger charge is -2.19. The molecule has 0 saturated heterocycles. The summed E-state index contributed by atoms with van der Waals surface area (Å²) in [7, 11) is 0.393. The second-order valence-electron chi connectivity index (χ2n) is 4.80. The van der Waals surface area contributed by atoms with Gasteiger partial charge in [0.15, 0.2) is 17.3 Å². The Morgan fingerprint density at radius 3 is 2.43 bits per heavy atom. The molecule has 1 aromatic carbocycles. The molecule has 0 radical (unpaired) electrons. The van der Waals surface area contributed by atoms with Crippen molar-refractivity contribution < 1.29 is 22.7 Å². The molecule has 1 atom stereocenters. The van der Waals surface area contributed by atoms with Gasteiger partial charge in [0.2, 0.25) is 10.3 Å². The van der Waals surface area contributed by atoms with Crippen LogP contribution >= 0.6 is 11.6 Å². The fourth-order valence-corrected chi connectivity index (χ4v) is 3.54. The molecule has 23 heavy (non-hydrogen) atoms. The van der Waals surface area contributed by atoms with E-state index in [4.69, 9.17) is 21.1 Å². The molecule has 7 heteroatoms. The van der Waals surface area contributed by atoms with Gasteiger partial charge in [-0.3, -0.25) is 4.79 Å². The maximum Gasteiger partial charge on any atom is 0.219 e. The number of allylic oxidation sites excluding steroid dienone is 4. The number of ether oxygens (including phenoxy) is 2. The minimum absolute atomic E-state index is 0.000574. The molecule has 122 valence electrons. The van der Waals surface area contributed by atoms with Crippen LogP contribution in [-0.4, -0.2) is 38.7 Å². The van der Waals surface area contributed by atoms with Crippen molar-refractivity contribution in [1.82, 2.24) is 0 Å². The number of benzene rings is 1. The zero-order chi connectivity index (χ0) is 17.1. The van der Waals surface area contributed by atoms with Crippen LogP contribution in [-0.2, 0) is 10.3 Å². The van der Waals surface area contributed by atoms with Gasteiger partial charge < -0.3 is 9.47 Å². The van der Waals surface area contributed by atoms with Crippen LogP contribution in [0.1, 0.15) is 17.3 Å². The molecule has 0 amide bonds. The highest BCUT2D eigenvalue weighted by molar-refractivity contribution is 7.73. The van der Waals surface area contributed by atoms with E-state index in [2.05, 4.69) is 0 Å². The second-order valence-corrected chi connectivity index (χ2v) is 6.15. The van der Waals surface area contributed by atoms with Crippen LogP contribution in [0, 0.1) is 0 Å².